The zero-order chi connectivity index (χ0) is 28.3. The maximum absolute atomic E-state index is 15.8. The summed E-state index contributed by atoms with van der Waals surface area (Å²) in [6.07, 6.45) is 6.63. The normalized spacial score (nSPS) is 13.5. The summed E-state index contributed by atoms with van der Waals surface area (Å²) < 4.78 is 45.3. The lowest BCUT2D eigenvalue weighted by Gasteiger charge is -2.26. The van der Waals surface area contributed by atoms with Crippen molar-refractivity contribution in [3.63, 3.8) is 0 Å². The smallest absolute Gasteiger partial charge is 0.207 e. The van der Waals surface area contributed by atoms with Gasteiger partial charge in [0.15, 0.2) is 11.6 Å². The number of nitrogen functional groups attached to an aromatic ring is 1. The Morgan fingerprint density at radius 1 is 1.13 bits per heavy atom. The molecule has 4 rings (SSSR count). The van der Waals surface area contributed by atoms with Crippen molar-refractivity contribution >= 4 is 35.5 Å². The Balaban J connectivity index is 1.78. The highest BCUT2D eigenvalue weighted by molar-refractivity contribution is 7.79. The molecule has 0 saturated heterocycles. The van der Waals surface area contributed by atoms with E-state index in [0.717, 1.165) is 24.1 Å². The molecule has 39 heavy (non-hydrogen) atoms. The molecule has 4 aromatic rings. The zero-order valence-corrected chi connectivity index (χ0v) is 22.7. The predicted molar refractivity (Wildman–Crippen MR) is 153 cm³/mol. The lowest BCUT2D eigenvalue weighted by molar-refractivity contribution is 0.0513. The van der Waals surface area contributed by atoms with E-state index >= 15 is 13.2 Å². The number of benzene rings is 3. The monoisotopic (exact) mass is 554 g/mol. The van der Waals surface area contributed by atoms with Gasteiger partial charge in [-0.1, -0.05) is 63.6 Å². The molecule has 3 aromatic carbocycles. The number of hydrogen-bond donors (Lipinski definition) is 5. The number of nitrogens with one attached hydrogen (secondary N) is 2. The number of halogens is 3. The van der Waals surface area contributed by atoms with Crippen LogP contribution in [-0.4, -0.2) is 15.2 Å². The van der Waals surface area contributed by atoms with Gasteiger partial charge in [-0.25, -0.2) is 18.2 Å². The first kappa shape index (κ1) is 28.3. The Hall–Kier alpha value is -3.73. The van der Waals surface area contributed by atoms with Crippen molar-refractivity contribution in [2.24, 2.45) is 0 Å². The first-order valence-electron chi connectivity index (χ1n) is 12.6. The van der Waals surface area contributed by atoms with Crippen LogP contribution < -0.4 is 15.3 Å². The molecule has 5 N–H and O–H groups in total. The standard InChI is InChI=1S/C29H31F3N5OS/c1-4-5-8-20(29-34-15-16-35-29)19-11-12-21(26(31)28(19)33)25-22(30)13-14-23(27(25)32)36-37(38,39)24-10-7-6-9-18(24)17(2)3/h6-17,36,38-39H,4-5,33H2,1-3H3,(H,34,35)/q+1/b20-8+. The summed E-state index contributed by atoms with van der Waals surface area (Å²) in [7, 11) is 0. The van der Waals surface area contributed by atoms with Crippen LogP contribution in [0.5, 0.6) is 0 Å². The average Bonchev–Trinajstić information content (AvgIpc) is 3.44. The van der Waals surface area contributed by atoms with Gasteiger partial charge in [-0.05, 0) is 24.5 Å². The molecule has 0 saturated carbocycles. The van der Waals surface area contributed by atoms with E-state index in [9.17, 15) is 5.21 Å². The summed E-state index contributed by atoms with van der Waals surface area (Å²) in [6, 6.07) is 11.9. The number of nitrogens with two attached hydrogens (primary N) is 1. The van der Waals surface area contributed by atoms with Gasteiger partial charge in [-0.3, -0.25) is 0 Å². The molecular weight excluding hydrogens is 523 g/mol. The second-order valence-corrected chi connectivity index (χ2v) is 10.0. The van der Waals surface area contributed by atoms with Gasteiger partial charge < -0.3 is 10.7 Å². The van der Waals surface area contributed by atoms with Crippen molar-refractivity contribution in [3.05, 3.63) is 101 Å². The number of H-pyrrole nitrogens is 1. The van der Waals surface area contributed by atoms with Gasteiger partial charge in [0.05, 0.1) is 11.3 Å². The maximum Gasteiger partial charge on any atom is 0.207 e. The quantitative estimate of drug-likeness (QED) is 0.0628. The van der Waals surface area contributed by atoms with Gasteiger partial charge in [0.25, 0.3) is 0 Å². The maximum atomic E-state index is 15.8. The van der Waals surface area contributed by atoms with Crippen molar-refractivity contribution < 1.29 is 18.4 Å². The number of para-hydroxylation sites is 1. The van der Waals surface area contributed by atoms with Gasteiger partial charge >= 0.3 is 0 Å². The van der Waals surface area contributed by atoms with Crippen molar-refractivity contribution in [1.29, 1.82) is 0 Å². The number of thiol groups is 1. The second-order valence-electron chi connectivity index (χ2n) is 9.44. The number of allylic oxidation sites excluding steroid dienone is 1. The van der Waals surface area contributed by atoms with Crippen molar-refractivity contribution in [1.82, 2.24) is 14.1 Å². The highest BCUT2D eigenvalue weighted by Gasteiger charge is 2.32. The Labute approximate surface area is 231 Å². The fourth-order valence-corrected chi connectivity index (χ4v) is 4.72. The molecule has 0 radical (unpaired) electrons. The van der Waals surface area contributed by atoms with Crippen LogP contribution >= 0.6 is 12.8 Å². The van der Waals surface area contributed by atoms with Crippen molar-refractivity contribution in [2.45, 2.75) is 39.5 Å². The number of rotatable bonds is 9. The molecule has 0 aliphatic heterocycles. The van der Waals surface area contributed by atoms with E-state index in [-0.39, 0.29) is 22.9 Å². The minimum Gasteiger partial charge on any atom is -0.396 e. The van der Waals surface area contributed by atoms with Gasteiger partial charge in [-0.2, -0.15) is 10.6 Å². The van der Waals surface area contributed by atoms with Gasteiger partial charge in [0, 0.05) is 44.9 Å². The van der Waals surface area contributed by atoms with Crippen LogP contribution in [-0.2, 0) is 0 Å². The molecular formula is C29H31F3N5OS+. The SMILES string of the molecule is CCC/C=C(/c1ncc[nH]1)c1ccc(-c2c(F)ccc(N[N+](O)(S)c3ccccc3C(C)C)c2F)c(F)c1N. The summed E-state index contributed by atoms with van der Waals surface area (Å²) in [5.41, 5.74) is 9.28. The molecule has 204 valence electrons. The van der Waals surface area contributed by atoms with Crippen LogP contribution in [0, 0.1) is 17.5 Å². The third-order valence-corrected chi connectivity index (χ3v) is 6.71. The highest BCUT2D eigenvalue weighted by Crippen LogP contribution is 2.39. The number of quaternary nitrogens is 1. The number of unbranched alkanes of at least 4 members (excludes halogenated alkanes) is 1. The molecule has 6 nitrogen and oxygen atoms in total. The van der Waals surface area contributed by atoms with Gasteiger partial charge in [-0.15, -0.1) is 0 Å². The average molecular weight is 555 g/mol. The van der Waals surface area contributed by atoms with Gasteiger partial charge in [0.2, 0.25) is 5.69 Å². The van der Waals surface area contributed by atoms with E-state index < -0.39 is 27.2 Å². The Bertz CT molecular complexity index is 1500. The molecule has 1 atom stereocenters. The third-order valence-electron chi connectivity index (χ3n) is 6.39. The molecule has 10 heteroatoms. The fraction of sp³-hybridized carbons (Fsp3) is 0.207. The van der Waals surface area contributed by atoms with Crippen LogP contribution in [0.1, 0.15) is 56.5 Å². The topological polar surface area (TPSA) is 87.0 Å². The summed E-state index contributed by atoms with van der Waals surface area (Å²) in [5, 5.41) is 11.1. The van der Waals surface area contributed by atoms with Crippen molar-refractivity contribution in [3.8, 4) is 11.1 Å². The number of nitrogens with zero attached hydrogens (tertiary/aromatic N) is 2. The molecule has 0 aliphatic carbocycles. The van der Waals surface area contributed by atoms with E-state index in [1.807, 2.05) is 39.0 Å². The first-order chi connectivity index (χ1) is 18.6. The minimum absolute atomic E-state index is 0.0291. The van der Waals surface area contributed by atoms with Crippen LogP contribution in [0.2, 0.25) is 0 Å². The Kier molecular flexibility index (Phi) is 8.39. The molecule has 1 heterocycles. The lowest BCUT2D eigenvalue weighted by Crippen LogP contribution is -2.42. The van der Waals surface area contributed by atoms with Crippen LogP contribution in [0.4, 0.5) is 30.2 Å². The largest absolute Gasteiger partial charge is 0.396 e. The van der Waals surface area contributed by atoms with Crippen molar-refractivity contribution in [2.75, 3.05) is 11.2 Å². The number of imidazole rings is 1. The Morgan fingerprint density at radius 3 is 2.54 bits per heavy atom. The number of anilines is 2. The van der Waals surface area contributed by atoms with Crippen LogP contribution in [0.3, 0.4) is 0 Å². The number of aromatic amines is 1. The van der Waals surface area contributed by atoms with Gasteiger partial charge in [0.1, 0.15) is 30.1 Å². The molecule has 0 fully saturated rings. The first-order valence-corrected chi connectivity index (χ1v) is 13.0. The molecule has 1 aromatic heterocycles. The Morgan fingerprint density at radius 2 is 1.87 bits per heavy atom. The second kappa shape index (κ2) is 11.6. The predicted octanol–water partition coefficient (Wildman–Crippen LogP) is 8.00. The summed E-state index contributed by atoms with van der Waals surface area (Å²) in [6.45, 7) is 5.88. The number of hydrogen-bond acceptors (Lipinski definition) is 5. The highest BCUT2D eigenvalue weighted by atomic mass is 32.1. The summed E-state index contributed by atoms with van der Waals surface area (Å²) in [5.74, 6) is -2.55. The van der Waals surface area contributed by atoms with E-state index in [1.165, 1.54) is 12.1 Å². The minimum atomic E-state index is -1.21. The van der Waals surface area contributed by atoms with E-state index in [4.69, 9.17) is 5.73 Å². The van der Waals surface area contributed by atoms with E-state index in [2.05, 4.69) is 28.2 Å². The van der Waals surface area contributed by atoms with Crippen LogP contribution in [0.25, 0.3) is 16.7 Å². The van der Waals surface area contributed by atoms with E-state index in [1.54, 1.807) is 24.5 Å². The molecule has 0 bridgehead atoms. The van der Waals surface area contributed by atoms with Crippen LogP contribution in [0.15, 0.2) is 67.0 Å². The number of aromatic nitrogens is 2. The molecule has 0 spiro atoms. The fourth-order valence-electron chi connectivity index (χ4n) is 4.43. The molecule has 1 unspecified atom stereocenters. The molecule has 0 amide bonds. The molecule has 0 aliphatic rings. The summed E-state index contributed by atoms with van der Waals surface area (Å²) >= 11 is 4.29. The van der Waals surface area contributed by atoms with E-state index in [0.29, 0.717) is 29.1 Å². The third kappa shape index (κ3) is 5.68. The summed E-state index contributed by atoms with van der Waals surface area (Å²) in [4.78, 5) is 7.24. The zero-order valence-electron chi connectivity index (χ0n) is 21.8. The lowest BCUT2D eigenvalue weighted by atomic mass is 9.95.